The van der Waals surface area contributed by atoms with Crippen molar-refractivity contribution in [2.24, 2.45) is 23.7 Å². The molecule has 1 saturated carbocycles. The Bertz CT molecular complexity index is 780. The average Bonchev–Trinajstić information content (AvgIpc) is 3.36. The molecule has 0 unspecified atom stereocenters. The molecule has 2 aliphatic heterocycles. The first-order valence-corrected chi connectivity index (χ1v) is 9.18. The highest BCUT2D eigenvalue weighted by Gasteiger charge is 2.59. The highest BCUT2D eigenvalue weighted by molar-refractivity contribution is 6.22. The Morgan fingerprint density at radius 2 is 1.50 bits per heavy atom. The molecule has 4 aliphatic rings. The van der Waals surface area contributed by atoms with Crippen LogP contribution in [-0.4, -0.2) is 48.9 Å². The third-order valence-electron chi connectivity index (χ3n) is 6.14. The van der Waals surface area contributed by atoms with Gasteiger partial charge < -0.3 is 9.64 Å². The van der Waals surface area contributed by atoms with Gasteiger partial charge >= 0.3 is 0 Å². The van der Waals surface area contributed by atoms with Crippen molar-refractivity contribution in [1.29, 1.82) is 0 Å². The summed E-state index contributed by atoms with van der Waals surface area (Å²) in [6.45, 7) is 2.28. The van der Waals surface area contributed by atoms with E-state index in [4.69, 9.17) is 4.74 Å². The summed E-state index contributed by atoms with van der Waals surface area (Å²) in [5.74, 6) is -0.229. The van der Waals surface area contributed by atoms with Crippen LogP contribution in [0.3, 0.4) is 0 Å². The highest BCUT2D eigenvalue weighted by Crippen LogP contribution is 2.53. The maximum Gasteiger partial charge on any atom is 0.254 e. The van der Waals surface area contributed by atoms with E-state index in [9.17, 15) is 14.4 Å². The summed E-state index contributed by atoms with van der Waals surface area (Å²) in [5.41, 5.74) is 1.13. The van der Waals surface area contributed by atoms with Crippen molar-refractivity contribution in [3.8, 4) is 0 Å². The normalized spacial score (nSPS) is 32.5. The quantitative estimate of drug-likeness (QED) is 0.597. The van der Waals surface area contributed by atoms with Gasteiger partial charge in [0.2, 0.25) is 11.8 Å². The fraction of sp³-hybridized carbons (Fsp3) is 0.450. The Morgan fingerprint density at radius 1 is 0.923 bits per heavy atom. The number of allylic oxidation sites excluding steroid dienone is 2. The van der Waals surface area contributed by atoms with E-state index in [1.165, 1.54) is 4.90 Å². The Morgan fingerprint density at radius 3 is 2.08 bits per heavy atom. The summed E-state index contributed by atoms with van der Waals surface area (Å²) < 4.78 is 5.27. The molecule has 0 aromatic heterocycles. The molecule has 2 heterocycles. The first kappa shape index (κ1) is 15.8. The lowest BCUT2D eigenvalue weighted by Gasteiger charge is -2.27. The minimum Gasteiger partial charge on any atom is -0.378 e. The van der Waals surface area contributed by atoms with E-state index in [-0.39, 0.29) is 41.4 Å². The zero-order valence-electron chi connectivity index (χ0n) is 14.3. The molecule has 3 fully saturated rings. The molecule has 0 radical (unpaired) electrons. The maximum absolute atomic E-state index is 12.8. The third kappa shape index (κ3) is 2.18. The molecule has 1 aromatic carbocycles. The van der Waals surface area contributed by atoms with Crippen LogP contribution in [0.2, 0.25) is 0 Å². The molecule has 5 rings (SSSR count). The van der Waals surface area contributed by atoms with E-state index >= 15 is 0 Å². The van der Waals surface area contributed by atoms with Crippen LogP contribution in [0.5, 0.6) is 0 Å². The number of morpholine rings is 1. The van der Waals surface area contributed by atoms with Crippen molar-refractivity contribution in [3.05, 3.63) is 42.0 Å². The number of rotatable bonds is 2. The van der Waals surface area contributed by atoms with Gasteiger partial charge in [-0.2, -0.15) is 0 Å². The van der Waals surface area contributed by atoms with Crippen molar-refractivity contribution in [1.82, 2.24) is 4.90 Å². The number of carbonyl (C=O) groups excluding carboxylic acids is 3. The number of fused-ring (bicyclic) bond motifs is 5. The summed E-state index contributed by atoms with van der Waals surface area (Å²) >= 11 is 0. The Kier molecular flexibility index (Phi) is 3.50. The van der Waals surface area contributed by atoms with Crippen LogP contribution in [0.4, 0.5) is 5.69 Å². The van der Waals surface area contributed by atoms with Gasteiger partial charge in [0.15, 0.2) is 0 Å². The van der Waals surface area contributed by atoms with Crippen LogP contribution in [0.1, 0.15) is 16.8 Å². The summed E-state index contributed by atoms with van der Waals surface area (Å²) in [4.78, 5) is 41.3. The molecule has 1 aromatic rings. The van der Waals surface area contributed by atoms with Crippen molar-refractivity contribution in [2.75, 3.05) is 31.2 Å². The van der Waals surface area contributed by atoms with Crippen LogP contribution < -0.4 is 4.90 Å². The zero-order chi connectivity index (χ0) is 17.8. The molecule has 0 spiro atoms. The van der Waals surface area contributed by atoms with Gasteiger partial charge in [-0.3, -0.25) is 19.3 Å². The second-order valence-electron chi connectivity index (χ2n) is 7.46. The number of anilines is 1. The zero-order valence-corrected chi connectivity index (χ0v) is 14.3. The second-order valence-corrected chi connectivity index (χ2v) is 7.46. The number of carbonyl (C=O) groups is 3. The molecule has 2 bridgehead atoms. The average molecular weight is 352 g/mol. The van der Waals surface area contributed by atoms with Crippen molar-refractivity contribution >= 4 is 23.4 Å². The maximum atomic E-state index is 12.8. The van der Waals surface area contributed by atoms with E-state index in [1.54, 1.807) is 29.2 Å². The van der Waals surface area contributed by atoms with Gasteiger partial charge in [-0.1, -0.05) is 12.2 Å². The molecule has 0 N–H and O–H groups in total. The fourth-order valence-corrected chi connectivity index (χ4v) is 4.86. The minimum atomic E-state index is -0.202. The van der Waals surface area contributed by atoms with Gasteiger partial charge in [0.25, 0.3) is 5.91 Å². The van der Waals surface area contributed by atoms with E-state index in [0.29, 0.717) is 37.6 Å². The lowest BCUT2D eigenvalue weighted by atomic mass is 9.85. The third-order valence-corrected chi connectivity index (χ3v) is 6.14. The van der Waals surface area contributed by atoms with Crippen LogP contribution in [0, 0.1) is 23.7 Å². The first-order valence-electron chi connectivity index (χ1n) is 9.18. The standard InChI is InChI=1S/C20H20N2O4/c23-18(21-7-9-26-10-8-21)12-3-5-15(6-4-12)22-19(24)16-13-1-2-14(11-13)17(16)20(22)25/h1-6,13-14,16-17H,7-11H2/t13-,14+,16+,17-. The highest BCUT2D eigenvalue weighted by atomic mass is 16.5. The fourth-order valence-electron chi connectivity index (χ4n) is 4.86. The van der Waals surface area contributed by atoms with Crippen molar-refractivity contribution in [2.45, 2.75) is 6.42 Å². The van der Waals surface area contributed by atoms with Crippen LogP contribution in [-0.2, 0) is 14.3 Å². The Balaban J connectivity index is 1.37. The monoisotopic (exact) mass is 352 g/mol. The van der Waals surface area contributed by atoms with Crippen LogP contribution >= 0.6 is 0 Å². The summed E-state index contributed by atoms with van der Waals surface area (Å²) in [6.07, 6.45) is 5.10. The largest absolute Gasteiger partial charge is 0.378 e. The van der Waals surface area contributed by atoms with Gasteiger partial charge in [0.1, 0.15) is 0 Å². The topological polar surface area (TPSA) is 66.9 Å². The predicted molar refractivity (Wildman–Crippen MR) is 93.4 cm³/mol. The van der Waals surface area contributed by atoms with Gasteiger partial charge in [-0.15, -0.1) is 0 Å². The number of nitrogens with zero attached hydrogens (tertiary/aromatic N) is 2. The second kappa shape index (κ2) is 5.77. The molecule has 3 amide bonds. The van der Waals surface area contributed by atoms with E-state index in [1.807, 2.05) is 0 Å². The van der Waals surface area contributed by atoms with Gasteiger partial charge in [0, 0.05) is 18.7 Å². The number of benzene rings is 1. The summed E-state index contributed by atoms with van der Waals surface area (Å²) in [7, 11) is 0. The molecule has 4 atom stereocenters. The molecule has 26 heavy (non-hydrogen) atoms. The van der Waals surface area contributed by atoms with E-state index < -0.39 is 0 Å². The van der Waals surface area contributed by atoms with Gasteiger partial charge in [0.05, 0.1) is 30.7 Å². The minimum absolute atomic E-state index is 0.0435. The smallest absolute Gasteiger partial charge is 0.254 e. The SMILES string of the molecule is O=C(c1ccc(N2C(=O)[C@@H]3[C@H](C2=O)[C@H]2C=C[C@@H]3C2)cc1)N1CCOCC1. The Labute approximate surface area is 151 Å². The Hall–Kier alpha value is -2.47. The van der Waals surface area contributed by atoms with Crippen LogP contribution in [0.15, 0.2) is 36.4 Å². The first-order chi connectivity index (χ1) is 12.6. The lowest BCUT2D eigenvalue weighted by Crippen LogP contribution is -2.40. The number of imide groups is 1. The van der Waals surface area contributed by atoms with Crippen molar-refractivity contribution < 1.29 is 19.1 Å². The summed E-state index contributed by atoms with van der Waals surface area (Å²) in [6, 6.07) is 6.82. The number of hydrogen-bond donors (Lipinski definition) is 0. The molecule has 6 nitrogen and oxygen atoms in total. The number of ether oxygens (including phenoxy) is 1. The lowest BCUT2D eigenvalue weighted by molar-refractivity contribution is -0.123. The number of amides is 3. The van der Waals surface area contributed by atoms with Crippen LogP contribution in [0.25, 0.3) is 0 Å². The van der Waals surface area contributed by atoms with Gasteiger partial charge in [-0.25, -0.2) is 0 Å². The molecule has 134 valence electrons. The van der Waals surface area contributed by atoms with Gasteiger partial charge in [-0.05, 0) is 42.5 Å². The van der Waals surface area contributed by atoms with E-state index in [2.05, 4.69) is 12.2 Å². The number of hydrogen-bond acceptors (Lipinski definition) is 4. The van der Waals surface area contributed by atoms with E-state index in [0.717, 1.165) is 6.42 Å². The molecular weight excluding hydrogens is 332 g/mol. The van der Waals surface area contributed by atoms with Crippen molar-refractivity contribution in [3.63, 3.8) is 0 Å². The summed E-state index contributed by atoms with van der Waals surface area (Å²) in [5, 5.41) is 0. The molecular formula is C20H20N2O4. The predicted octanol–water partition coefficient (Wildman–Crippen LogP) is 1.47. The molecule has 6 heteroatoms. The molecule has 2 saturated heterocycles. The molecule has 2 aliphatic carbocycles.